The van der Waals surface area contributed by atoms with E-state index in [0.29, 0.717) is 19.7 Å². The van der Waals surface area contributed by atoms with Crippen molar-refractivity contribution >= 4 is 40.4 Å². The molecule has 0 bridgehead atoms. The molecule has 2 aromatic rings. The summed E-state index contributed by atoms with van der Waals surface area (Å²) in [5, 5.41) is 3.13. The van der Waals surface area contributed by atoms with Gasteiger partial charge in [-0.05, 0) is 49.4 Å². The van der Waals surface area contributed by atoms with Gasteiger partial charge in [-0.3, -0.25) is 9.69 Å². The standard InChI is InChI=1S/C22H23N3O4S/c1-15-3-8-20(30-15)16(2)23-10-9-19-13-25(22(27)29-19)18-6-4-17(5-7-18)24-11-12-28-14-21(24)26/h3-10,19,23H,2,11-14H2,1H3. The van der Waals surface area contributed by atoms with Gasteiger partial charge in [-0.1, -0.05) is 6.58 Å². The van der Waals surface area contributed by atoms with E-state index in [1.54, 1.807) is 27.3 Å². The van der Waals surface area contributed by atoms with Crippen molar-refractivity contribution in [3.8, 4) is 0 Å². The highest BCUT2D eigenvalue weighted by molar-refractivity contribution is 7.13. The molecule has 7 nitrogen and oxygen atoms in total. The van der Waals surface area contributed by atoms with Crippen LogP contribution in [0.25, 0.3) is 5.70 Å². The summed E-state index contributed by atoms with van der Waals surface area (Å²) >= 11 is 1.67. The molecule has 1 aromatic heterocycles. The van der Waals surface area contributed by atoms with Crippen molar-refractivity contribution in [1.82, 2.24) is 5.32 Å². The molecule has 1 unspecified atom stereocenters. The van der Waals surface area contributed by atoms with Gasteiger partial charge in [-0.15, -0.1) is 11.3 Å². The lowest BCUT2D eigenvalue weighted by Crippen LogP contribution is -2.41. The third kappa shape index (κ3) is 4.39. The third-order valence-corrected chi connectivity index (χ3v) is 5.96. The summed E-state index contributed by atoms with van der Waals surface area (Å²) in [5.41, 5.74) is 2.33. The van der Waals surface area contributed by atoms with E-state index in [9.17, 15) is 9.59 Å². The Hall–Kier alpha value is -3.10. The molecular formula is C22H23N3O4S. The molecule has 0 radical (unpaired) electrons. The van der Waals surface area contributed by atoms with Crippen molar-refractivity contribution in [3.05, 3.63) is 65.0 Å². The first-order chi connectivity index (χ1) is 14.5. The van der Waals surface area contributed by atoms with Gasteiger partial charge in [0.25, 0.3) is 5.91 Å². The maximum Gasteiger partial charge on any atom is 0.415 e. The zero-order valence-electron chi connectivity index (χ0n) is 16.7. The largest absolute Gasteiger partial charge is 0.440 e. The number of thiophene rings is 1. The minimum Gasteiger partial charge on any atom is -0.440 e. The lowest BCUT2D eigenvalue weighted by molar-refractivity contribution is -0.125. The second-order valence-electron chi connectivity index (χ2n) is 7.04. The van der Waals surface area contributed by atoms with Gasteiger partial charge in [-0.2, -0.15) is 0 Å². The first-order valence-corrected chi connectivity index (χ1v) is 10.5. The van der Waals surface area contributed by atoms with Crippen molar-refractivity contribution in [3.63, 3.8) is 0 Å². The number of aryl methyl sites for hydroxylation is 1. The normalized spacial score (nSPS) is 19.4. The number of carbonyl (C=O) groups excluding carboxylic acids is 2. The van der Waals surface area contributed by atoms with Crippen molar-refractivity contribution in [2.75, 3.05) is 36.1 Å². The summed E-state index contributed by atoms with van der Waals surface area (Å²) in [6.45, 7) is 7.64. The van der Waals surface area contributed by atoms with Crippen LogP contribution in [-0.2, 0) is 14.3 Å². The van der Waals surface area contributed by atoms with Crippen molar-refractivity contribution in [2.45, 2.75) is 13.0 Å². The van der Waals surface area contributed by atoms with Crippen LogP contribution < -0.4 is 15.1 Å². The van der Waals surface area contributed by atoms with Crippen LogP contribution in [-0.4, -0.2) is 44.4 Å². The summed E-state index contributed by atoms with van der Waals surface area (Å²) in [5.74, 6) is -0.0634. The molecule has 2 aliphatic rings. The Bertz CT molecular complexity index is 983. The fraction of sp³-hybridized carbons (Fsp3) is 0.273. The Morgan fingerprint density at radius 2 is 1.90 bits per heavy atom. The average Bonchev–Trinajstić information content (AvgIpc) is 3.34. The average molecular weight is 426 g/mol. The number of hydrogen-bond donors (Lipinski definition) is 1. The predicted octanol–water partition coefficient (Wildman–Crippen LogP) is 3.52. The Morgan fingerprint density at radius 3 is 2.57 bits per heavy atom. The van der Waals surface area contributed by atoms with Gasteiger partial charge in [0.15, 0.2) is 0 Å². The molecular weight excluding hydrogens is 402 g/mol. The maximum absolute atomic E-state index is 12.3. The molecule has 1 N–H and O–H groups in total. The van der Waals surface area contributed by atoms with Gasteiger partial charge in [0.2, 0.25) is 0 Å². The van der Waals surface area contributed by atoms with Gasteiger partial charge in [0, 0.05) is 34.7 Å². The van der Waals surface area contributed by atoms with E-state index in [1.165, 1.54) is 4.88 Å². The van der Waals surface area contributed by atoms with Gasteiger partial charge in [0.1, 0.15) is 12.7 Å². The Labute approximate surface area is 179 Å². The van der Waals surface area contributed by atoms with Crippen LogP contribution >= 0.6 is 11.3 Å². The molecule has 2 saturated heterocycles. The lowest BCUT2D eigenvalue weighted by Gasteiger charge is -2.27. The summed E-state index contributed by atoms with van der Waals surface area (Å²) in [4.78, 5) is 29.8. The second kappa shape index (κ2) is 8.73. The van der Waals surface area contributed by atoms with Crippen LogP contribution in [0, 0.1) is 6.92 Å². The molecule has 0 aliphatic carbocycles. The van der Waals surface area contributed by atoms with Crippen LogP contribution in [0.2, 0.25) is 0 Å². The number of morpholine rings is 1. The number of nitrogens with one attached hydrogen (secondary N) is 1. The van der Waals surface area contributed by atoms with Gasteiger partial charge in [-0.25, -0.2) is 4.79 Å². The number of rotatable bonds is 6. The second-order valence-corrected chi connectivity index (χ2v) is 8.33. The molecule has 1 atom stereocenters. The molecule has 2 fully saturated rings. The molecule has 1 aromatic carbocycles. The Balaban J connectivity index is 1.35. The molecule has 0 saturated carbocycles. The molecule has 0 spiro atoms. The monoisotopic (exact) mass is 425 g/mol. The SMILES string of the molecule is C=C(NC=CC1CN(c2ccc(N3CCOCC3=O)cc2)C(=O)O1)c1ccc(C)s1. The highest BCUT2D eigenvalue weighted by Crippen LogP contribution is 2.26. The van der Waals surface area contributed by atoms with E-state index in [0.717, 1.165) is 21.9 Å². The fourth-order valence-electron chi connectivity index (χ4n) is 3.32. The fourth-order valence-corrected chi connectivity index (χ4v) is 4.12. The minimum atomic E-state index is -0.396. The zero-order valence-corrected chi connectivity index (χ0v) is 17.5. The number of amides is 2. The molecule has 156 valence electrons. The number of ether oxygens (including phenoxy) is 2. The van der Waals surface area contributed by atoms with E-state index < -0.39 is 6.09 Å². The van der Waals surface area contributed by atoms with Crippen LogP contribution in [0.15, 0.2) is 55.3 Å². The quantitative estimate of drug-likeness (QED) is 0.767. The number of cyclic esters (lactones) is 1. The van der Waals surface area contributed by atoms with Crippen LogP contribution in [0.4, 0.5) is 16.2 Å². The van der Waals surface area contributed by atoms with Crippen LogP contribution in [0.5, 0.6) is 0 Å². The summed E-state index contributed by atoms with van der Waals surface area (Å²) in [7, 11) is 0. The van der Waals surface area contributed by atoms with Crippen LogP contribution in [0.1, 0.15) is 9.75 Å². The maximum atomic E-state index is 12.3. The summed E-state index contributed by atoms with van der Waals surface area (Å²) in [6.07, 6.45) is 2.81. The first-order valence-electron chi connectivity index (χ1n) is 9.66. The summed E-state index contributed by atoms with van der Waals surface area (Å²) < 4.78 is 10.6. The van der Waals surface area contributed by atoms with Crippen molar-refractivity contribution in [2.24, 2.45) is 0 Å². The molecule has 3 heterocycles. The minimum absolute atomic E-state index is 0.0634. The molecule has 2 amide bonds. The molecule has 4 rings (SSSR count). The first kappa shape index (κ1) is 20.2. The number of hydrogen-bond acceptors (Lipinski definition) is 6. The van der Waals surface area contributed by atoms with E-state index in [-0.39, 0.29) is 18.6 Å². The number of carbonyl (C=O) groups is 2. The number of anilines is 2. The third-order valence-electron chi connectivity index (χ3n) is 4.90. The predicted molar refractivity (Wildman–Crippen MR) is 118 cm³/mol. The molecule has 30 heavy (non-hydrogen) atoms. The highest BCUT2D eigenvalue weighted by atomic mass is 32.1. The highest BCUT2D eigenvalue weighted by Gasteiger charge is 2.31. The van der Waals surface area contributed by atoms with Crippen LogP contribution in [0.3, 0.4) is 0 Å². The van der Waals surface area contributed by atoms with Gasteiger partial charge in [0.05, 0.1) is 18.0 Å². The van der Waals surface area contributed by atoms with Gasteiger partial charge >= 0.3 is 6.09 Å². The van der Waals surface area contributed by atoms with E-state index in [2.05, 4.69) is 18.8 Å². The van der Waals surface area contributed by atoms with E-state index in [4.69, 9.17) is 9.47 Å². The van der Waals surface area contributed by atoms with E-state index in [1.807, 2.05) is 42.5 Å². The smallest absolute Gasteiger partial charge is 0.415 e. The Kier molecular flexibility index (Phi) is 5.87. The summed E-state index contributed by atoms with van der Waals surface area (Å²) in [6, 6.07) is 11.4. The lowest BCUT2D eigenvalue weighted by atomic mass is 10.2. The molecule has 8 heteroatoms. The molecule has 2 aliphatic heterocycles. The Morgan fingerprint density at radius 1 is 1.17 bits per heavy atom. The number of nitrogens with zero attached hydrogens (tertiary/aromatic N) is 2. The van der Waals surface area contributed by atoms with Crippen molar-refractivity contribution < 1.29 is 19.1 Å². The number of benzene rings is 1. The van der Waals surface area contributed by atoms with E-state index >= 15 is 0 Å². The van der Waals surface area contributed by atoms with Crippen molar-refractivity contribution in [1.29, 1.82) is 0 Å². The van der Waals surface area contributed by atoms with Gasteiger partial charge < -0.3 is 19.7 Å². The zero-order chi connectivity index (χ0) is 21.1. The topological polar surface area (TPSA) is 71.1 Å².